The Labute approximate surface area is 396 Å². The van der Waals surface area contributed by atoms with Crippen LogP contribution in [0, 0.1) is 0 Å². The molecule has 2 heterocycles. The van der Waals surface area contributed by atoms with Gasteiger partial charge in [0.15, 0.2) is 0 Å². The number of hydrogen-bond donors (Lipinski definition) is 5. The molecule has 0 bridgehead atoms. The molecule has 4 aromatic carbocycles. The minimum atomic E-state index is -1.02. The molecule has 0 saturated carbocycles. The topological polar surface area (TPSA) is 201 Å². The van der Waals surface area contributed by atoms with Gasteiger partial charge in [-0.1, -0.05) is 76.2 Å². The Morgan fingerprint density at radius 1 is 0.471 bits per heavy atom. The lowest BCUT2D eigenvalue weighted by Gasteiger charge is -2.27. The number of ether oxygens (including phenoxy) is 6. The maximum absolute atomic E-state index is 12.1. The van der Waals surface area contributed by atoms with Crippen LogP contribution in [0.3, 0.4) is 0 Å². The zero-order chi connectivity index (χ0) is 48.4. The molecule has 0 amide bonds. The van der Waals surface area contributed by atoms with Crippen LogP contribution >= 0.6 is 0 Å². The number of aliphatic hydroxyl groups excluding tert-OH is 3. The molecule has 0 radical (unpaired) electrons. The van der Waals surface area contributed by atoms with E-state index in [1.807, 2.05) is 84.9 Å². The summed E-state index contributed by atoms with van der Waals surface area (Å²) in [6, 6.07) is 37.7. The lowest BCUT2D eigenvalue weighted by atomic mass is 9.78. The molecule has 0 aliphatic rings. The summed E-state index contributed by atoms with van der Waals surface area (Å²) in [4.78, 5) is 24.1. The van der Waals surface area contributed by atoms with Crippen molar-refractivity contribution in [3.63, 3.8) is 0 Å². The Kier molecular flexibility index (Phi) is 18.6. The molecular formula is C53H62N2O13. The second-order valence-electron chi connectivity index (χ2n) is 17.3. The first kappa shape index (κ1) is 50.8. The largest absolute Gasteiger partial charge is 0.491 e. The number of hydrogen-bond acceptors (Lipinski definition) is 15. The van der Waals surface area contributed by atoms with Crippen LogP contribution in [-0.2, 0) is 43.0 Å². The van der Waals surface area contributed by atoms with Crippen LogP contribution in [0.4, 0.5) is 0 Å². The summed E-state index contributed by atoms with van der Waals surface area (Å²) < 4.78 is 44.6. The number of furan rings is 2. The summed E-state index contributed by atoms with van der Waals surface area (Å²) in [5.74, 6) is 2.71. The standard InChI is InChI=1S/C53H62N2O13/c1-52(2,39-13-7-17-46(25-39)65-33-42(57)35-67-50(59)29-54-27-48-19-9-21-61-48)37-11-5-15-44(23-37)63-31-41(56)32-64-45-16-6-12-38(24-45)53(3,4)40-14-8-18-47(26-40)66-34-43(58)36-68-51(60)30-55-28-49-20-10-22-62-49/h5-26,41-43,54-58H,27-36H2,1-4H3. The Hall–Kier alpha value is -6.62. The molecule has 2 unspecified atom stereocenters. The molecule has 0 saturated heterocycles. The van der Waals surface area contributed by atoms with E-state index in [0.29, 0.717) is 47.6 Å². The van der Waals surface area contributed by atoms with E-state index in [9.17, 15) is 24.9 Å². The summed E-state index contributed by atoms with van der Waals surface area (Å²) >= 11 is 0. The fourth-order valence-electron chi connectivity index (χ4n) is 7.03. The third-order valence-electron chi connectivity index (χ3n) is 11.2. The number of rotatable bonds is 28. The molecular weight excluding hydrogens is 873 g/mol. The number of aliphatic hydroxyl groups is 3. The summed E-state index contributed by atoms with van der Waals surface area (Å²) in [5.41, 5.74) is 2.95. The van der Waals surface area contributed by atoms with Crippen LogP contribution < -0.4 is 29.6 Å². The molecule has 2 aromatic heterocycles. The predicted molar refractivity (Wildman–Crippen MR) is 253 cm³/mol. The first-order chi connectivity index (χ1) is 32.7. The predicted octanol–water partition coefficient (Wildman–Crippen LogP) is 6.49. The number of benzene rings is 4. The summed E-state index contributed by atoms with van der Waals surface area (Å²) in [6.07, 6.45) is 0.167. The van der Waals surface area contributed by atoms with Crippen molar-refractivity contribution in [1.82, 2.24) is 10.6 Å². The highest BCUT2D eigenvalue weighted by atomic mass is 16.6. The van der Waals surface area contributed by atoms with E-state index in [1.165, 1.54) is 0 Å². The van der Waals surface area contributed by atoms with Gasteiger partial charge in [-0.05, 0) is 95.1 Å². The van der Waals surface area contributed by atoms with Crippen molar-refractivity contribution in [2.24, 2.45) is 0 Å². The van der Waals surface area contributed by atoms with Gasteiger partial charge in [0, 0.05) is 10.8 Å². The van der Waals surface area contributed by atoms with Crippen molar-refractivity contribution < 1.29 is 62.2 Å². The normalized spacial score (nSPS) is 13.0. The fourth-order valence-corrected chi connectivity index (χ4v) is 7.03. The number of carbonyl (C=O) groups is 2. The second kappa shape index (κ2) is 24.9. The van der Waals surface area contributed by atoms with Crippen LogP contribution in [0.25, 0.3) is 0 Å². The van der Waals surface area contributed by atoms with E-state index in [1.54, 1.807) is 48.9 Å². The molecule has 0 aliphatic carbocycles. The smallest absolute Gasteiger partial charge is 0.320 e. The molecule has 0 spiro atoms. The van der Waals surface area contributed by atoms with Crippen LogP contribution in [0.15, 0.2) is 143 Å². The van der Waals surface area contributed by atoms with Gasteiger partial charge in [-0.15, -0.1) is 0 Å². The molecule has 15 heteroatoms. The molecule has 2 atom stereocenters. The van der Waals surface area contributed by atoms with Gasteiger partial charge in [-0.25, -0.2) is 0 Å². The van der Waals surface area contributed by atoms with E-state index >= 15 is 0 Å². The van der Waals surface area contributed by atoms with Crippen molar-refractivity contribution in [2.75, 3.05) is 52.7 Å². The highest BCUT2D eigenvalue weighted by molar-refractivity contribution is 5.72. The van der Waals surface area contributed by atoms with Gasteiger partial charge < -0.3 is 52.6 Å². The second-order valence-corrected chi connectivity index (χ2v) is 17.3. The Morgan fingerprint density at radius 2 is 0.779 bits per heavy atom. The van der Waals surface area contributed by atoms with Crippen molar-refractivity contribution in [2.45, 2.75) is 69.9 Å². The third-order valence-corrected chi connectivity index (χ3v) is 11.2. The molecule has 362 valence electrons. The molecule has 0 fully saturated rings. The SMILES string of the molecule is CC(C)(c1cccc(OCC(O)COC(=O)CNCc2ccco2)c1)c1cccc(OCC(O)COc2cccc(C(C)(C)c3cccc(OCC(O)COC(=O)CNCc4ccco4)c3)c2)c1. The quantitative estimate of drug-likeness (QED) is 0.0334. The van der Waals surface area contributed by atoms with Crippen LogP contribution in [0.1, 0.15) is 61.5 Å². The van der Waals surface area contributed by atoms with E-state index in [2.05, 4.69) is 38.3 Å². The van der Waals surface area contributed by atoms with Gasteiger partial charge in [0.2, 0.25) is 0 Å². The highest BCUT2D eigenvalue weighted by Gasteiger charge is 2.26. The van der Waals surface area contributed by atoms with Crippen molar-refractivity contribution >= 4 is 11.9 Å². The zero-order valence-corrected chi connectivity index (χ0v) is 38.9. The lowest BCUT2D eigenvalue weighted by molar-refractivity contribution is -0.146. The van der Waals surface area contributed by atoms with Crippen LogP contribution in [-0.4, -0.2) is 98.3 Å². The van der Waals surface area contributed by atoms with E-state index in [-0.39, 0.29) is 52.7 Å². The van der Waals surface area contributed by atoms with E-state index in [4.69, 9.17) is 37.3 Å². The summed E-state index contributed by atoms with van der Waals surface area (Å²) in [6.45, 7) is 8.56. The lowest BCUT2D eigenvalue weighted by Crippen LogP contribution is -2.29. The summed E-state index contributed by atoms with van der Waals surface area (Å²) in [7, 11) is 0. The van der Waals surface area contributed by atoms with E-state index in [0.717, 1.165) is 22.3 Å². The first-order valence-corrected chi connectivity index (χ1v) is 22.5. The average Bonchev–Trinajstić information content (AvgIpc) is 4.08. The van der Waals surface area contributed by atoms with Crippen molar-refractivity contribution in [3.8, 4) is 23.0 Å². The Balaban J connectivity index is 0.925. The van der Waals surface area contributed by atoms with Gasteiger partial charge in [0.25, 0.3) is 0 Å². The molecule has 68 heavy (non-hydrogen) atoms. The number of nitrogens with one attached hydrogen (secondary N) is 2. The molecule has 6 aromatic rings. The maximum atomic E-state index is 12.1. The number of esters is 2. The Bertz CT molecular complexity index is 2280. The fraction of sp³-hybridized carbons (Fsp3) is 0.358. The van der Waals surface area contributed by atoms with Gasteiger partial charge in [-0.3, -0.25) is 20.2 Å². The number of carbonyl (C=O) groups excluding carboxylic acids is 2. The molecule has 5 N–H and O–H groups in total. The third kappa shape index (κ3) is 15.7. The van der Waals surface area contributed by atoms with Crippen molar-refractivity contribution in [1.29, 1.82) is 0 Å². The first-order valence-electron chi connectivity index (χ1n) is 22.5. The maximum Gasteiger partial charge on any atom is 0.320 e. The monoisotopic (exact) mass is 934 g/mol. The molecule has 6 rings (SSSR count). The highest BCUT2D eigenvalue weighted by Crippen LogP contribution is 2.36. The zero-order valence-electron chi connectivity index (χ0n) is 38.9. The Morgan fingerprint density at radius 3 is 1.07 bits per heavy atom. The minimum Gasteiger partial charge on any atom is -0.491 e. The van der Waals surface area contributed by atoms with Gasteiger partial charge >= 0.3 is 11.9 Å². The minimum absolute atomic E-state index is 0.00509. The van der Waals surface area contributed by atoms with Gasteiger partial charge in [0.1, 0.15) is 92.5 Å². The molecule has 15 nitrogen and oxygen atoms in total. The van der Waals surface area contributed by atoms with E-state index < -0.39 is 41.1 Å². The molecule has 0 aliphatic heterocycles. The average molecular weight is 935 g/mol. The van der Waals surface area contributed by atoms with Gasteiger partial charge in [-0.2, -0.15) is 0 Å². The van der Waals surface area contributed by atoms with Crippen molar-refractivity contribution in [3.05, 3.63) is 168 Å². The van der Waals surface area contributed by atoms with Crippen LogP contribution in [0.5, 0.6) is 23.0 Å². The summed E-state index contributed by atoms with van der Waals surface area (Å²) in [5, 5.41) is 37.6. The van der Waals surface area contributed by atoms with Gasteiger partial charge in [0.05, 0.1) is 38.7 Å². The van der Waals surface area contributed by atoms with Crippen LogP contribution in [0.2, 0.25) is 0 Å².